The highest BCUT2D eigenvalue weighted by Crippen LogP contribution is 2.24. The Bertz CT molecular complexity index is 698. The van der Waals surface area contributed by atoms with E-state index in [2.05, 4.69) is 14.8 Å². The van der Waals surface area contributed by atoms with Crippen LogP contribution in [0.1, 0.15) is 44.2 Å². The molecule has 8 heteroatoms. The highest BCUT2D eigenvalue weighted by molar-refractivity contribution is 7.90. The van der Waals surface area contributed by atoms with Crippen LogP contribution in [0.2, 0.25) is 0 Å². The molecule has 1 aliphatic heterocycles. The second-order valence-electron chi connectivity index (χ2n) is 7.91. The van der Waals surface area contributed by atoms with E-state index in [0.717, 1.165) is 44.3 Å². The van der Waals surface area contributed by atoms with Gasteiger partial charge in [0.05, 0.1) is 11.9 Å². The summed E-state index contributed by atoms with van der Waals surface area (Å²) in [5, 5.41) is 0.177. The van der Waals surface area contributed by atoms with Crippen LogP contribution in [0, 0.1) is 0 Å². The minimum Gasteiger partial charge on any atom is -0.385 e. The predicted octanol–water partition coefficient (Wildman–Crippen LogP) is 1.77. The Morgan fingerprint density at radius 3 is 2.63 bits per heavy atom. The van der Waals surface area contributed by atoms with E-state index in [-0.39, 0.29) is 5.16 Å². The molecule has 0 radical (unpaired) electrons. The maximum atomic E-state index is 12.1. The first-order valence-corrected chi connectivity index (χ1v) is 12.1. The molecule has 2 heterocycles. The normalized spacial score (nSPS) is 21.0. The zero-order valence-corrected chi connectivity index (χ0v) is 17.6. The fourth-order valence-corrected chi connectivity index (χ4v) is 5.29. The lowest BCUT2D eigenvalue weighted by molar-refractivity contribution is 0.187. The first-order chi connectivity index (χ1) is 13.0. The van der Waals surface area contributed by atoms with Crippen molar-refractivity contribution in [2.75, 3.05) is 46.2 Å². The smallest absolute Gasteiger partial charge is 0.227 e. The molecule has 0 amide bonds. The summed E-state index contributed by atoms with van der Waals surface area (Å²) in [6.45, 7) is 6.38. The first-order valence-electron chi connectivity index (χ1n) is 10.2. The fraction of sp³-hybridized carbons (Fsp3) is 0.842. The van der Waals surface area contributed by atoms with E-state index in [1.54, 1.807) is 13.3 Å². The molecule has 1 saturated carbocycles. The maximum absolute atomic E-state index is 12.1. The standard InChI is InChI=1S/C19H34N4O3S/c1-26-14-6-11-23-18(15-20-19(23)27(2,24)25)16-21-9-5-10-22(13-12-21)17-7-3-4-8-17/h15,17H,3-14,16H2,1-2H3. The van der Waals surface area contributed by atoms with Gasteiger partial charge in [0.25, 0.3) is 0 Å². The van der Waals surface area contributed by atoms with Gasteiger partial charge in [0.2, 0.25) is 15.0 Å². The van der Waals surface area contributed by atoms with Gasteiger partial charge in [-0.15, -0.1) is 0 Å². The third kappa shape index (κ3) is 5.53. The summed E-state index contributed by atoms with van der Waals surface area (Å²) < 4.78 is 31.2. The van der Waals surface area contributed by atoms with Gasteiger partial charge in [0.1, 0.15) is 0 Å². The summed E-state index contributed by atoms with van der Waals surface area (Å²) in [5.74, 6) is 0. The quantitative estimate of drug-likeness (QED) is 0.622. The number of sulfone groups is 1. The topological polar surface area (TPSA) is 67.7 Å². The maximum Gasteiger partial charge on any atom is 0.227 e. The molecular formula is C19H34N4O3S. The van der Waals surface area contributed by atoms with E-state index in [1.807, 2.05) is 4.57 Å². The van der Waals surface area contributed by atoms with Gasteiger partial charge in [-0.05, 0) is 38.8 Å². The Kier molecular flexibility index (Phi) is 7.30. The molecule has 154 valence electrons. The molecule has 0 unspecified atom stereocenters. The molecule has 1 aromatic heterocycles. The predicted molar refractivity (Wildman–Crippen MR) is 106 cm³/mol. The SMILES string of the molecule is COCCCn1c(CN2CCCN(C3CCCC3)CC2)cnc1S(C)(=O)=O. The lowest BCUT2D eigenvalue weighted by atomic mass is 10.2. The van der Waals surface area contributed by atoms with Gasteiger partial charge in [0, 0.05) is 52.2 Å². The third-order valence-electron chi connectivity index (χ3n) is 5.81. The largest absolute Gasteiger partial charge is 0.385 e. The highest BCUT2D eigenvalue weighted by Gasteiger charge is 2.26. The molecule has 3 rings (SSSR count). The molecule has 2 aliphatic rings. The van der Waals surface area contributed by atoms with Crippen molar-refractivity contribution in [2.45, 2.75) is 62.8 Å². The average molecular weight is 399 g/mol. The first kappa shape index (κ1) is 20.8. The molecule has 1 aliphatic carbocycles. The molecule has 1 aromatic rings. The molecule has 1 saturated heterocycles. The van der Waals surface area contributed by atoms with Crippen LogP contribution in [0.4, 0.5) is 0 Å². The lowest BCUT2D eigenvalue weighted by Gasteiger charge is -2.27. The summed E-state index contributed by atoms with van der Waals surface area (Å²) in [6.07, 6.45) is 10.4. The van der Waals surface area contributed by atoms with E-state index in [9.17, 15) is 8.42 Å². The van der Waals surface area contributed by atoms with Crippen molar-refractivity contribution in [2.24, 2.45) is 0 Å². The number of imidazole rings is 1. The summed E-state index contributed by atoms with van der Waals surface area (Å²) >= 11 is 0. The van der Waals surface area contributed by atoms with Crippen molar-refractivity contribution in [1.29, 1.82) is 0 Å². The summed E-state index contributed by atoms with van der Waals surface area (Å²) in [5.41, 5.74) is 0.987. The van der Waals surface area contributed by atoms with Crippen LogP contribution in [0.25, 0.3) is 0 Å². The monoisotopic (exact) mass is 398 g/mol. The zero-order chi connectivity index (χ0) is 19.3. The van der Waals surface area contributed by atoms with Crippen molar-refractivity contribution in [3.05, 3.63) is 11.9 Å². The van der Waals surface area contributed by atoms with Crippen LogP contribution >= 0.6 is 0 Å². The van der Waals surface area contributed by atoms with E-state index in [1.165, 1.54) is 44.9 Å². The average Bonchev–Trinajstić information content (AvgIpc) is 3.22. The minimum atomic E-state index is -3.33. The van der Waals surface area contributed by atoms with Crippen molar-refractivity contribution in [1.82, 2.24) is 19.4 Å². The molecule has 0 bridgehead atoms. The lowest BCUT2D eigenvalue weighted by Crippen LogP contribution is -2.36. The van der Waals surface area contributed by atoms with Crippen molar-refractivity contribution in [3.63, 3.8) is 0 Å². The second kappa shape index (κ2) is 9.49. The van der Waals surface area contributed by atoms with Gasteiger partial charge >= 0.3 is 0 Å². The van der Waals surface area contributed by atoms with Gasteiger partial charge in [-0.3, -0.25) is 9.80 Å². The Balaban J connectivity index is 1.66. The Morgan fingerprint density at radius 2 is 1.93 bits per heavy atom. The number of ether oxygens (including phenoxy) is 1. The van der Waals surface area contributed by atoms with Crippen molar-refractivity contribution < 1.29 is 13.2 Å². The summed E-state index contributed by atoms with van der Waals surface area (Å²) in [6, 6.07) is 0.779. The number of hydrogen-bond acceptors (Lipinski definition) is 6. The second-order valence-corrected chi connectivity index (χ2v) is 9.82. The van der Waals surface area contributed by atoms with Crippen LogP contribution in [-0.2, 0) is 27.7 Å². The van der Waals surface area contributed by atoms with E-state index in [4.69, 9.17) is 4.74 Å². The molecular weight excluding hydrogens is 364 g/mol. The third-order valence-corrected chi connectivity index (χ3v) is 6.80. The Morgan fingerprint density at radius 1 is 1.15 bits per heavy atom. The van der Waals surface area contributed by atoms with Gasteiger partial charge in [-0.1, -0.05) is 12.8 Å². The van der Waals surface area contributed by atoms with Crippen molar-refractivity contribution in [3.8, 4) is 0 Å². The fourth-order valence-electron chi connectivity index (χ4n) is 4.43. The Hall–Kier alpha value is -0.960. The molecule has 27 heavy (non-hydrogen) atoms. The number of rotatable bonds is 8. The molecule has 7 nitrogen and oxygen atoms in total. The zero-order valence-electron chi connectivity index (χ0n) is 16.8. The van der Waals surface area contributed by atoms with Crippen LogP contribution in [0.15, 0.2) is 11.4 Å². The van der Waals surface area contributed by atoms with Crippen LogP contribution in [-0.4, -0.2) is 80.0 Å². The Labute approximate surface area is 163 Å². The molecule has 0 atom stereocenters. The highest BCUT2D eigenvalue weighted by atomic mass is 32.2. The van der Waals surface area contributed by atoms with Gasteiger partial charge < -0.3 is 9.30 Å². The molecule has 0 aromatic carbocycles. The minimum absolute atomic E-state index is 0.177. The number of aromatic nitrogens is 2. The van der Waals surface area contributed by atoms with Crippen molar-refractivity contribution >= 4 is 9.84 Å². The van der Waals surface area contributed by atoms with E-state index < -0.39 is 9.84 Å². The summed E-state index contributed by atoms with van der Waals surface area (Å²) in [7, 11) is -1.67. The number of hydrogen-bond donors (Lipinski definition) is 0. The number of nitrogens with zero attached hydrogens (tertiary/aromatic N) is 4. The van der Waals surface area contributed by atoms with Crippen LogP contribution < -0.4 is 0 Å². The van der Waals surface area contributed by atoms with Gasteiger partial charge in [-0.2, -0.15) is 0 Å². The molecule has 0 spiro atoms. The van der Waals surface area contributed by atoms with Crippen LogP contribution in [0.3, 0.4) is 0 Å². The van der Waals surface area contributed by atoms with E-state index >= 15 is 0 Å². The molecule has 2 fully saturated rings. The summed E-state index contributed by atoms with van der Waals surface area (Å²) in [4.78, 5) is 9.35. The van der Waals surface area contributed by atoms with E-state index in [0.29, 0.717) is 13.2 Å². The molecule has 0 N–H and O–H groups in total. The van der Waals surface area contributed by atoms with Gasteiger partial charge in [0.15, 0.2) is 0 Å². The van der Waals surface area contributed by atoms with Gasteiger partial charge in [-0.25, -0.2) is 13.4 Å². The number of methoxy groups -OCH3 is 1. The van der Waals surface area contributed by atoms with Crippen LogP contribution in [0.5, 0.6) is 0 Å².